The van der Waals surface area contributed by atoms with Gasteiger partial charge in [-0.15, -0.1) is 0 Å². The first-order valence-corrected chi connectivity index (χ1v) is 3.49. The van der Waals surface area contributed by atoms with Gasteiger partial charge >= 0.3 is 0 Å². The molecule has 0 aromatic heterocycles. The minimum absolute atomic E-state index is 0.0602. The molecule has 1 saturated heterocycles. The fourth-order valence-electron chi connectivity index (χ4n) is 1.06. The maximum Gasteiger partial charge on any atom is 0.161 e. The number of carbonyl (C=O) groups is 1. The number of Topliss-reactive ketones (excluding diaryl/α,β-unsaturated/α-hetero) is 1. The minimum Gasteiger partial charge on any atom is -0.370 e. The summed E-state index contributed by atoms with van der Waals surface area (Å²) in [5, 5.41) is 0. The Morgan fingerprint density at radius 2 is 2.56 bits per heavy atom. The Morgan fingerprint density at radius 1 is 1.78 bits per heavy atom. The van der Waals surface area contributed by atoms with E-state index in [1.807, 2.05) is 6.92 Å². The highest BCUT2D eigenvalue weighted by atomic mass is 16.5. The summed E-state index contributed by atoms with van der Waals surface area (Å²) in [4.78, 5) is 10.9. The second kappa shape index (κ2) is 2.97. The van der Waals surface area contributed by atoms with Crippen molar-refractivity contribution in [3.63, 3.8) is 0 Å². The molecule has 1 fully saturated rings. The van der Waals surface area contributed by atoms with Crippen molar-refractivity contribution in [3.8, 4) is 0 Å². The summed E-state index contributed by atoms with van der Waals surface area (Å²) in [6.07, 6.45) is 2.54. The number of rotatable bonds is 2. The van der Waals surface area contributed by atoms with E-state index in [0.29, 0.717) is 6.42 Å². The zero-order valence-electron chi connectivity index (χ0n) is 5.72. The first-order chi connectivity index (χ1) is 4.34. The van der Waals surface area contributed by atoms with E-state index in [-0.39, 0.29) is 11.9 Å². The topological polar surface area (TPSA) is 26.3 Å². The lowest BCUT2D eigenvalue weighted by Gasteiger charge is -2.03. The summed E-state index contributed by atoms with van der Waals surface area (Å²) >= 11 is 0. The summed E-state index contributed by atoms with van der Waals surface area (Å²) < 4.78 is 5.16. The van der Waals surface area contributed by atoms with Gasteiger partial charge in [0.05, 0.1) is 0 Å². The van der Waals surface area contributed by atoms with Crippen molar-refractivity contribution in [2.45, 2.75) is 32.3 Å². The third kappa shape index (κ3) is 1.52. The van der Waals surface area contributed by atoms with Crippen LogP contribution < -0.4 is 0 Å². The normalized spacial score (nSPS) is 26.6. The molecule has 1 rings (SSSR count). The molecule has 2 heteroatoms. The van der Waals surface area contributed by atoms with Crippen LogP contribution in [0.25, 0.3) is 0 Å². The van der Waals surface area contributed by atoms with Crippen LogP contribution in [-0.2, 0) is 9.53 Å². The van der Waals surface area contributed by atoms with Crippen molar-refractivity contribution >= 4 is 5.78 Å². The fourth-order valence-corrected chi connectivity index (χ4v) is 1.06. The quantitative estimate of drug-likeness (QED) is 0.557. The number of ether oxygens (including phenoxy) is 1. The molecule has 52 valence electrons. The van der Waals surface area contributed by atoms with Crippen LogP contribution in [0.15, 0.2) is 0 Å². The molecule has 0 aromatic carbocycles. The molecule has 1 heterocycles. The predicted octanol–water partition coefficient (Wildman–Crippen LogP) is 1.14. The maximum atomic E-state index is 10.9. The van der Waals surface area contributed by atoms with E-state index in [1.165, 1.54) is 0 Å². The largest absolute Gasteiger partial charge is 0.370 e. The number of ketones is 1. The van der Waals surface area contributed by atoms with Gasteiger partial charge in [-0.3, -0.25) is 4.79 Å². The van der Waals surface area contributed by atoms with Gasteiger partial charge in [-0.1, -0.05) is 6.92 Å². The lowest BCUT2D eigenvalue weighted by molar-refractivity contribution is -0.127. The van der Waals surface area contributed by atoms with Crippen LogP contribution >= 0.6 is 0 Å². The fraction of sp³-hybridized carbons (Fsp3) is 0.857. The van der Waals surface area contributed by atoms with Gasteiger partial charge in [-0.25, -0.2) is 0 Å². The molecule has 1 aliphatic heterocycles. The summed E-state index contributed by atoms with van der Waals surface area (Å²) in [6, 6.07) is 0. The Morgan fingerprint density at radius 3 is 3.00 bits per heavy atom. The standard InChI is InChI=1S/C7H12O2/c1-2-6(8)7-4-3-5-9-7/h7H,2-5H2,1H3/t7-/m0/s1. The van der Waals surface area contributed by atoms with Crippen LogP contribution in [0.1, 0.15) is 26.2 Å². The summed E-state index contributed by atoms with van der Waals surface area (Å²) in [6.45, 7) is 2.65. The van der Waals surface area contributed by atoms with Crippen molar-refractivity contribution in [1.29, 1.82) is 0 Å². The van der Waals surface area contributed by atoms with Crippen LogP contribution in [0, 0.1) is 0 Å². The van der Waals surface area contributed by atoms with Crippen molar-refractivity contribution < 1.29 is 9.53 Å². The summed E-state index contributed by atoms with van der Waals surface area (Å²) in [7, 11) is 0. The third-order valence-electron chi connectivity index (χ3n) is 1.64. The Bertz CT molecular complexity index is 103. The lowest BCUT2D eigenvalue weighted by Crippen LogP contribution is -2.17. The predicted molar refractivity (Wildman–Crippen MR) is 34.3 cm³/mol. The van der Waals surface area contributed by atoms with Gasteiger partial charge in [0.25, 0.3) is 0 Å². The van der Waals surface area contributed by atoms with Crippen LogP contribution in [0.2, 0.25) is 0 Å². The number of hydrogen-bond donors (Lipinski definition) is 0. The van der Waals surface area contributed by atoms with E-state index in [1.54, 1.807) is 0 Å². The van der Waals surface area contributed by atoms with E-state index in [0.717, 1.165) is 19.4 Å². The zero-order chi connectivity index (χ0) is 6.69. The highest BCUT2D eigenvalue weighted by molar-refractivity contribution is 5.82. The molecule has 0 aromatic rings. The molecule has 0 radical (unpaired) electrons. The Labute approximate surface area is 55.2 Å². The Kier molecular flexibility index (Phi) is 2.22. The molecule has 1 aliphatic rings. The van der Waals surface area contributed by atoms with Gasteiger partial charge < -0.3 is 4.74 Å². The molecule has 1 atom stereocenters. The SMILES string of the molecule is CCC(=O)[C@@H]1CCCO1. The Balaban J connectivity index is 2.32. The third-order valence-corrected chi connectivity index (χ3v) is 1.64. The van der Waals surface area contributed by atoms with Gasteiger partial charge in [0.15, 0.2) is 5.78 Å². The highest BCUT2D eigenvalue weighted by Crippen LogP contribution is 2.13. The monoisotopic (exact) mass is 128 g/mol. The van der Waals surface area contributed by atoms with Crippen molar-refractivity contribution in [2.24, 2.45) is 0 Å². The number of hydrogen-bond acceptors (Lipinski definition) is 2. The second-order valence-electron chi connectivity index (χ2n) is 2.32. The van der Waals surface area contributed by atoms with E-state index in [9.17, 15) is 4.79 Å². The first-order valence-electron chi connectivity index (χ1n) is 3.49. The minimum atomic E-state index is -0.0602. The van der Waals surface area contributed by atoms with Crippen LogP contribution in [0.4, 0.5) is 0 Å². The van der Waals surface area contributed by atoms with Gasteiger partial charge in [-0.2, -0.15) is 0 Å². The maximum absolute atomic E-state index is 10.9. The molecule has 2 nitrogen and oxygen atoms in total. The first kappa shape index (κ1) is 6.75. The summed E-state index contributed by atoms with van der Waals surface area (Å²) in [5.74, 6) is 0.257. The summed E-state index contributed by atoms with van der Waals surface area (Å²) in [5.41, 5.74) is 0. The molecule has 0 N–H and O–H groups in total. The molecular weight excluding hydrogens is 116 g/mol. The smallest absolute Gasteiger partial charge is 0.161 e. The molecule has 0 saturated carbocycles. The molecular formula is C7H12O2. The van der Waals surface area contributed by atoms with Gasteiger partial charge in [0.1, 0.15) is 6.10 Å². The molecule has 0 bridgehead atoms. The van der Waals surface area contributed by atoms with Crippen LogP contribution in [-0.4, -0.2) is 18.5 Å². The average Bonchev–Trinajstić information content (AvgIpc) is 2.37. The van der Waals surface area contributed by atoms with Crippen molar-refractivity contribution in [3.05, 3.63) is 0 Å². The molecule has 9 heavy (non-hydrogen) atoms. The van der Waals surface area contributed by atoms with E-state index in [2.05, 4.69) is 0 Å². The van der Waals surface area contributed by atoms with Crippen LogP contribution in [0.3, 0.4) is 0 Å². The van der Waals surface area contributed by atoms with Gasteiger partial charge in [-0.05, 0) is 12.8 Å². The van der Waals surface area contributed by atoms with Crippen molar-refractivity contribution in [1.82, 2.24) is 0 Å². The van der Waals surface area contributed by atoms with Gasteiger partial charge in [0, 0.05) is 13.0 Å². The highest BCUT2D eigenvalue weighted by Gasteiger charge is 2.21. The van der Waals surface area contributed by atoms with E-state index >= 15 is 0 Å². The molecule has 0 spiro atoms. The molecule has 0 aliphatic carbocycles. The van der Waals surface area contributed by atoms with Crippen molar-refractivity contribution in [2.75, 3.05) is 6.61 Å². The number of carbonyl (C=O) groups excluding carboxylic acids is 1. The zero-order valence-corrected chi connectivity index (χ0v) is 5.72. The van der Waals surface area contributed by atoms with E-state index in [4.69, 9.17) is 4.74 Å². The lowest BCUT2D eigenvalue weighted by atomic mass is 10.1. The molecule has 0 amide bonds. The Hall–Kier alpha value is -0.370. The van der Waals surface area contributed by atoms with Crippen LogP contribution in [0.5, 0.6) is 0 Å². The van der Waals surface area contributed by atoms with Gasteiger partial charge in [0.2, 0.25) is 0 Å². The molecule has 0 unspecified atom stereocenters. The average molecular weight is 128 g/mol. The second-order valence-corrected chi connectivity index (χ2v) is 2.32. The van der Waals surface area contributed by atoms with E-state index < -0.39 is 0 Å².